The van der Waals surface area contributed by atoms with Gasteiger partial charge in [0.05, 0.1) is 18.0 Å². The number of carboxylic acid groups (broad SMARTS) is 1. The predicted molar refractivity (Wildman–Crippen MR) is 53.0 cm³/mol. The Labute approximate surface area is 90.1 Å². The molecule has 0 unspecified atom stereocenters. The Morgan fingerprint density at radius 3 is 2.56 bits per heavy atom. The number of carbonyl (C=O) groups is 1. The monoisotopic (exact) mass is 221 g/mol. The zero-order valence-electron chi connectivity index (χ0n) is 8.38. The van der Waals surface area contributed by atoms with Crippen LogP contribution in [0.2, 0.25) is 0 Å². The third kappa shape index (κ3) is 1.54. The molecule has 1 N–H and O–H groups in total. The summed E-state index contributed by atoms with van der Waals surface area (Å²) in [5, 5.41) is 16.7. The summed E-state index contributed by atoms with van der Waals surface area (Å²) in [4.78, 5) is 12.2. The first-order valence-corrected chi connectivity index (χ1v) is 4.50. The van der Waals surface area contributed by atoms with Crippen molar-refractivity contribution in [1.29, 1.82) is 0 Å². The van der Waals surface area contributed by atoms with Crippen LogP contribution in [-0.4, -0.2) is 26.1 Å². The van der Waals surface area contributed by atoms with Crippen LogP contribution < -0.4 is 0 Å². The maximum absolute atomic E-state index is 13.2. The number of hydrogen-bond donors (Lipinski definition) is 1. The van der Waals surface area contributed by atoms with Crippen LogP contribution in [0.5, 0.6) is 0 Å². The number of halogens is 1. The van der Waals surface area contributed by atoms with Crippen molar-refractivity contribution in [2.24, 2.45) is 0 Å². The molecule has 2 aromatic rings. The fraction of sp³-hybridized carbons (Fsp3) is 0.100. The smallest absolute Gasteiger partial charge is 0.338 e. The summed E-state index contributed by atoms with van der Waals surface area (Å²) in [7, 11) is 0. The highest BCUT2D eigenvalue weighted by Gasteiger charge is 2.18. The first-order valence-electron chi connectivity index (χ1n) is 4.50. The second kappa shape index (κ2) is 3.73. The first-order chi connectivity index (χ1) is 7.61. The fourth-order valence-electron chi connectivity index (χ4n) is 1.45. The van der Waals surface area contributed by atoms with E-state index in [0.717, 1.165) is 4.80 Å². The number of aromatic nitrogens is 3. The van der Waals surface area contributed by atoms with Crippen LogP contribution in [-0.2, 0) is 0 Å². The molecule has 0 fully saturated rings. The topological polar surface area (TPSA) is 68.0 Å². The highest BCUT2D eigenvalue weighted by molar-refractivity contribution is 5.93. The molecule has 0 amide bonds. The Balaban J connectivity index is 2.71. The summed E-state index contributed by atoms with van der Waals surface area (Å²) in [6.45, 7) is 1.41. The van der Waals surface area contributed by atoms with Gasteiger partial charge in [-0.2, -0.15) is 15.0 Å². The SMILES string of the molecule is Cc1c(F)ccc(-n2nccn2)c1C(=O)O. The quantitative estimate of drug-likeness (QED) is 0.832. The Morgan fingerprint density at radius 1 is 1.38 bits per heavy atom. The summed E-state index contributed by atoms with van der Waals surface area (Å²) < 4.78 is 13.2. The molecule has 0 atom stereocenters. The van der Waals surface area contributed by atoms with E-state index in [4.69, 9.17) is 5.11 Å². The first kappa shape index (κ1) is 10.3. The molecular formula is C10H8FN3O2. The molecule has 0 spiro atoms. The number of benzene rings is 1. The summed E-state index contributed by atoms with van der Waals surface area (Å²) in [5.41, 5.74) is 0.190. The van der Waals surface area contributed by atoms with Crippen molar-refractivity contribution >= 4 is 5.97 Å². The van der Waals surface area contributed by atoms with Crippen LogP contribution >= 0.6 is 0 Å². The van der Waals surface area contributed by atoms with Gasteiger partial charge in [0.15, 0.2) is 0 Å². The van der Waals surface area contributed by atoms with E-state index in [-0.39, 0.29) is 16.8 Å². The van der Waals surface area contributed by atoms with Crippen molar-refractivity contribution < 1.29 is 14.3 Å². The number of aromatic carboxylic acids is 1. The maximum atomic E-state index is 13.2. The Kier molecular flexibility index (Phi) is 2.40. The molecule has 2 rings (SSSR count). The lowest BCUT2D eigenvalue weighted by atomic mass is 10.1. The van der Waals surface area contributed by atoms with E-state index >= 15 is 0 Å². The molecule has 0 saturated carbocycles. The molecule has 0 aliphatic rings. The van der Waals surface area contributed by atoms with Crippen LogP contribution in [0.4, 0.5) is 4.39 Å². The maximum Gasteiger partial charge on any atom is 0.338 e. The Morgan fingerprint density at radius 2 is 2.00 bits per heavy atom. The van der Waals surface area contributed by atoms with Gasteiger partial charge in [-0.05, 0) is 19.1 Å². The van der Waals surface area contributed by atoms with E-state index in [2.05, 4.69) is 10.2 Å². The van der Waals surface area contributed by atoms with Gasteiger partial charge in [-0.1, -0.05) is 0 Å². The van der Waals surface area contributed by atoms with Gasteiger partial charge in [-0.15, -0.1) is 0 Å². The average molecular weight is 221 g/mol. The molecule has 0 aliphatic heterocycles. The van der Waals surface area contributed by atoms with Crippen LogP contribution in [0, 0.1) is 12.7 Å². The van der Waals surface area contributed by atoms with Gasteiger partial charge in [0.1, 0.15) is 11.5 Å². The summed E-state index contributed by atoms with van der Waals surface area (Å²) >= 11 is 0. The van der Waals surface area contributed by atoms with E-state index < -0.39 is 11.8 Å². The molecule has 1 heterocycles. The van der Waals surface area contributed by atoms with Crippen LogP contribution in [0.25, 0.3) is 5.69 Å². The predicted octanol–water partition coefficient (Wildman–Crippen LogP) is 1.41. The summed E-state index contributed by atoms with van der Waals surface area (Å²) in [5.74, 6) is -1.77. The zero-order chi connectivity index (χ0) is 11.7. The van der Waals surface area contributed by atoms with Crippen molar-refractivity contribution in [3.63, 3.8) is 0 Å². The minimum atomic E-state index is -1.20. The lowest BCUT2D eigenvalue weighted by Gasteiger charge is -2.08. The van der Waals surface area contributed by atoms with Crippen molar-refractivity contribution in [3.05, 3.63) is 41.5 Å². The second-order valence-corrected chi connectivity index (χ2v) is 3.19. The third-order valence-corrected chi connectivity index (χ3v) is 2.22. The number of carboxylic acids is 1. The summed E-state index contributed by atoms with van der Waals surface area (Å²) in [6.07, 6.45) is 2.84. The standard InChI is InChI=1S/C10H8FN3O2/c1-6-7(11)2-3-8(9(6)10(15)16)14-12-4-5-13-14/h2-5H,1H3,(H,15,16). The normalized spacial score (nSPS) is 10.4. The molecule has 0 aliphatic carbocycles. The molecule has 0 saturated heterocycles. The number of rotatable bonds is 2. The highest BCUT2D eigenvalue weighted by Crippen LogP contribution is 2.20. The average Bonchev–Trinajstić information content (AvgIpc) is 2.74. The number of nitrogens with zero attached hydrogens (tertiary/aromatic N) is 3. The van der Waals surface area contributed by atoms with Gasteiger partial charge in [0.25, 0.3) is 0 Å². The Bertz CT molecular complexity index is 537. The molecule has 5 nitrogen and oxygen atoms in total. The van der Waals surface area contributed by atoms with E-state index in [9.17, 15) is 9.18 Å². The molecule has 1 aromatic heterocycles. The van der Waals surface area contributed by atoms with Crippen molar-refractivity contribution in [2.45, 2.75) is 6.92 Å². The largest absolute Gasteiger partial charge is 0.478 e. The lowest BCUT2D eigenvalue weighted by Crippen LogP contribution is -2.11. The van der Waals surface area contributed by atoms with Crippen LogP contribution in [0.15, 0.2) is 24.5 Å². The van der Waals surface area contributed by atoms with E-state index in [0.29, 0.717) is 0 Å². The summed E-state index contributed by atoms with van der Waals surface area (Å²) in [6, 6.07) is 2.53. The number of hydrogen-bond acceptors (Lipinski definition) is 3. The van der Waals surface area contributed by atoms with Gasteiger partial charge in [-0.3, -0.25) is 0 Å². The Hall–Kier alpha value is -2.24. The van der Waals surface area contributed by atoms with Crippen LogP contribution in [0.3, 0.4) is 0 Å². The minimum Gasteiger partial charge on any atom is -0.478 e. The van der Waals surface area contributed by atoms with E-state index in [1.54, 1.807) is 0 Å². The van der Waals surface area contributed by atoms with Gasteiger partial charge in [-0.25, -0.2) is 9.18 Å². The zero-order valence-corrected chi connectivity index (χ0v) is 8.38. The molecule has 0 radical (unpaired) electrons. The third-order valence-electron chi connectivity index (χ3n) is 2.22. The molecule has 82 valence electrons. The van der Waals surface area contributed by atoms with E-state index in [1.165, 1.54) is 31.5 Å². The van der Waals surface area contributed by atoms with Gasteiger partial charge in [0.2, 0.25) is 0 Å². The molecule has 1 aromatic carbocycles. The highest BCUT2D eigenvalue weighted by atomic mass is 19.1. The molecule has 6 heteroatoms. The van der Waals surface area contributed by atoms with Gasteiger partial charge in [0, 0.05) is 5.56 Å². The lowest BCUT2D eigenvalue weighted by molar-refractivity contribution is 0.0695. The molecular weight excluding hydrogens is 213 g/mol. The fourth-order valence-corrected chi connectivity index (χ4v) is 1.45. The molecule has 0 bridgehead atoms. The van der Waals surface area contributed by atoms with Gasteiger partial charge >= 0.3 is 5.97 Å². The van der Waals surface area contributed by atoms with Crippen molar-refractivity contribution in [3.8, 4) is 5.69 Å². The second-order valence-electron chi connectivity index (χ2n) is 3.19. The van der Waals surface area contributed by atoms with Crippen molar-refractivity contribution in [2.75, 3.05) is 0 Å². The van der Waals surface area contributed by atoms with Gasteiger partial charge < -0.3 is 5.11 Å². The van der Waals surface area contributed by atoms with E-state index in [1.807, 2.05) is 0 Å². The van der Waals surface area contributed by atoms with Crippen molar-refractivity contribution in [1.82, 2.24) is 15.0 Å². The minimum absolute atomic E-state index is 0.0716. The van der Waals surface area contributed by atoms with Crippen LogP contribution in [0.1, 0.15) is 15.9 Å². The molecule has 16 heavy (non-hydrogen) atoms.